The summed E-state index contributed by atoms with van der Waals surface area (Å²) in [6.45, 7) is 0. The van der Waals surface area contributed by atoms with E-state index in [9.17, 15) is 4.79 Å². The van der Waals surface area contributed by atoms with E-state index in [4.69, 9.17) is 9.47 Å². The Balaban J connectivity index is 1.47. The van der Waals surface area contributed by atoms with E-state index in [-0.39, 0.29) is 0 Å². The van der Waals surface area contributed by atoms with Gasteiger partial charge in [0.1, 0.15) is 11.5 Å². The van der Waals surface area contributed by atoms with Gasteiger partial charge in [-0.3, -0.25) is 0 Å². The van der Waals surface area contributed by atoms with Crippen LogP contribution in [-0.2, 0) is 0 Å². The second kappa shape index (κ2) is 8.23. The monoisotopic (exact) mass is 366 g/mol. The molecule has 0 saturated heterocycles. The van der Waals surface area contributed by atoms with E-state index >= 15 is 0 Å². The topological polar surface area (TPSA) is 35.5 Å². The van der Waals surface area contributed by atoms with Gasteiger partial charge in [-0.2, -0.15) is 0 Å². The van der Waals surface area contributed by atoms with Crippen molar-refractivity contribution in [3.63, 3.8) is 0 Å². The molecule has 0 aliphatic carbocycles. The Labute approximate surface area is 163 Å². The van der Waals surface area contributed by atoms with Crippen LogP contribution in [0.4, 0.5) is 4.79 Å². The first-order chi connectivity index (χ1) is 13.8. The first kappa shape index (κ1) is 17.6. The van der Waals surface area contributed by atoms with Crippen LogP contribution in [0.15, 0.2) is 109 Å². The summed E-state index contributed by atoms with van der Waals surface area (Å²) in [6, 6.07) is 34.5. The molecule has 0 N–H and O–H groups in total. The average molecular weight is 366 g/mol. The lowest BCUT2D eigenvalue weighted by Gasteiger charge is -2.10. The van der Waals surface area contributed by atoms with E-state index in [1.165, 1.54) is 0 Å². The van der Waals surface area contributed by atoms with Crippen molar-refractivity contribution in [1.82, 2.24) is 0 Å². The predicted molar refractivity (Wildman–Crippen MR) is 110 cm³/mol. The zero-order chi connectivity index (χ0) is 19.2. The van der Waals surface area contributed by atoms with Gasteiger partial charge in [0.25, 0.3) is 0 Å². The van der Waals surface area contributed by atoms with Gasteiger partial charge in [-0.05, 0) is 34.9 Å². The van der Waals surface area contributed by atoms with Crippen molar-refractivity contribution in [3.8, 4) is 33.8 Å². The molecule has 0 atom stereocenters. The van der Waals surface area contributed by atoms with Crippen molar-refractivity contribution in [3.05, 3.63) is 109 Å². The Morgan fingerprint density at radius 2 is 1.04 bits per heavy atom. The quantitative estimate of drug-likeness (QED) is 0.301. The first-order valence-electron chi connectivity index (χ1n) is 8.99. The molecule has 4 rings (SSSR count). The Hall–Kier alpha value is -3.85. The van der Waals surface area contributed by atoms with Crippen molar-refractivity contribution in [2.24, 2.45) is 0 Å². The maximum Gasteiger partial charge on any atom is 0.519 e. The number of benzene rings is 4. The molecule has 0 aliphatic rings. The fourth-order valence-corrected chi connectivity index (χ4v) is 2.96. The Kier molecular flexibility index (Phi) is 5.16. The Morgan fingerprint density at radius 3 is 1.71 bits per heavy atom. The third-order valence-electron chi connectivity index (χ3n) is 4.33. The molecule has 0 unspecified atom stereocenters. The average Bonchev–Trinajstić information content (AvgIpc) is 2.76. The van der Waals surface area contributed by atoms with Crippen LogP contribution in [0.3, 0.4) is 0 Å². The molecular formula is C25H18O3. The number of carbonyl (C=O) groups excluding carboxylic acids is 1. The van der Waals surface area contributed by atoms with Gasteiger partial charge in [0.2, 0.25) is 0 Å². The van der Waals surface area contributed by atoms with Crippen molar-refractivity contribution in [2.45, 2.75) is 0 Å². The molecule has 3 heteroatoms. The van der Waals surface area contributed by atoms with Crippen molar-refractivity contribution >= 4 is 6.16 Å². The van der Waals surface area contributed by atoms with E-state index in [1.54, 1.807) is 18.2 Å². The van der Waals surface area contributed by atoms with Crippen molar-refractivity contribution in [2.75, 3.05) is 0 Å². The molecule has 28 heavy (non-hydrogen) atoms. The van der Waals surface area contributed by atoms with Gasteiger partial charge in [0, 0.05) is 5.56 Å². The van der Waals surface area contributed by atoms with Gasteiger partial charge in [-0.1, -0.05) is 91.0 Å². The summed E-state index contributed by atoms with van der Waals surface area (Å²) in [4.78, 5) is 12.3. The second-order valence-electron chi connectivity index (χ2n) is 6.21. The van der Waals surface area contributed by atoms with Crippen molar-refractivity contribution < 1.29 is 14.3 Å². The van der Waals surface area contributed by atoms with Gasteiger partial charge in [0.15, 0.2) is 0 Å². The zero-order valence-corrected chi connectivity index (χ0v) is 15.1. The summed E-state index contributed by atoms with van der Waals surface area (Å²) in [7, 11) is 0. The van der Waals surface area contributed by atoms with Crippen LogP contribution in [0.1, 0.15) is 0 Å². The number of ether oxygens (including phenoxy) is 2. The molecule has 0 radical (unpaired) electrons. The maximum atomic E-state index is 12.3. The number of rotatable bonds is 4. The second-order valence-corrected chi connectivity index (χ2v) is 6.21. The van der Waals surface area contributed by atoms with Gasteiger partial charge < -0.3 is 9.47 Å². The van der Waals surface area contributed by atoms with E-state index in [0.29, 0.717) is 11.5 Å². The summed E-state index contributed by atoms with van der Waals surface area (Å²) in [5, 5.41) is 0. The molecule has 0 fully saturated rings. The van der Waals surface area contributed by atoms with Gasteiger partial charge in [-0.15, -0.1) is 0 Å². The van der Waals surface area contributed by atoms with Gasteiger partial charge in [0.05, 0.1) is 0 Å². The normalized spacial score (nSPS) is 10.3. The lowest BCUT2D eigenvalue weighted by molar-refractivity contribution is 0.152. The smallest absolute Gasteiger partial charge is 0.395 e. The molecule has 4 aromatic carbocycles. The van der Waals surface area contributed by atoms with E-state index in [2.05, 4.69) is 0 Å². The molecule has 0 aliphatic heterocycles. The molecule has 0 saturated carbocycles. The fourth-order valence-electron chi connectivity index (χ4n) is 2.96. The van der Waals surface area contributed by atoms with E-state index in [1.807, 2.05) is 91.0 Å². The molecular weight excluding hydrogens is 348 g/mol. The predicted octanol–water partition coefficient (Wildman–Crippen LogP) is 6.60. The van der Waals surface area contributed by atoms with Crippen LogP contribution in [0.2, 0.25) is 0 Å². The highest BCUT2D eigenvalue weighted by Gasteiger charge is 2.12. The minimum atomic E-state index is -0.768. The molecule has 0 aromatic heterocycles. The first-order valence-corrected chi connectivity index (χ1v) is 8.99. The largest absolute Gasteiger partial charge is 0.519 e. The van der Waals surface area contributed by atoms with Crippen LogP contribution >= 0.6 is 0 Å². The van der Waals surface area contributed by atoms with Crippen LogP contribution < -0.4 is 9.47 Å². The van der Waals surface area contributed by atoms with Crippen LogP contribution in [0.5, 0.6) is 11.5 Å². The molecule has 0 spiro atoms. The highest BCUT2D eigenvalue weighted by molar-refractivity contribution is 5.75. The highest BCUT2D eigenvalue weighted by atomic mass is 16.7. The van der Waals surface area contributed by atoms with Gasteiger partial charge in [-0.25, -0.2) is 4.79 Å². The number of hydrogen-bond acceptors (Lipinski definition) is 3. The molecule has 4 aromatic rings. The van der Waals surface area contributed by atoms with E-state index in [0.717, 1.165) is 22.3 Å². The van der Waals surface area contributed by atoms with Crippen LogP contribution in [0.25, 0.3) is 22.3 Å². The highest BCUT2D eigenvalue weighted by Crippen LogP contribution is 2.30. The number of carbonyl (C=O) groups is 1. The standard InChI is InChI=1S/C25H18O3/c26-25(27-22-17-15-20(16-18-22)19-9-3-1-4-10-19)28-24-14-8-7-13-23(24)21-11-5-2-6-12-21/h1-18H. The summed E-state index contributed by atoms with van der Waals surface area (Å²) in [5.74, 6) is 0.890. The molecule has 0 heterocycles. The van der Waals surface area contributed by atoms with Crippen LogP contribution in [-0.4, -0.2) is 6.16 Å². The molecule has 136 valence electrons. The van der Waals surface area contributed by atoms with Crippen molar-refractivity contribution in [1.29, 1.82) is 0 Å². The molecule has 3 nitrogen and oxygen atoms in total. The minimum absolute atomic E-state index is 0.432. The number of hydrogen-bond donors (Lipinski definition) is 0. The SMILES string of the molecule is O=C(Oc1ccc(-c2ccccc2)cc1)Oc1ccccc1-c1ccccc1. The Bertz CT molecular complexity index is 1060. The third kappa shape index (κ3) is 4.10. The lowest BCUT2D eigenvalue weighted by Crippen LogP contribution is -2.14. The fraction of sp³-hybridized carbons (Fsp3) is 0. The minimum Gasteiger partial charge on any atom is -0.395 e. The summed E-state index contributed by atoms with van der Waals surface area (Å²) in [6.07, 6.45) is -0.768. The lowest BCUT2D eigenvalue weighted by atomic mass is 10.1. The third-order valence-corrected chi connectivity index (χ3v) is 4.33. The zero-order valence-electron chi connectivity index (χ0n) is 15.1. The maximum absolute atomic E-state index is 12.3. The number of para-hydroxylation sites is 1. The van der Waals surface area contributed by atoms with E-state index < -0.39 is 6.16 Å². The van der Waals surface area contributed by atoms with Gasteiger partial charge >= 0.3 is 6.16 Å². The molecule has 0 amide bonds. The van der Waals surface area contributed by atoms with Crippen LogP contribution in [0, 0.1) is 0 Å². The summed E-state index contributed by atoms with van der Waals surface area (Å²) < 4.78 is 10.8. The summed E-state index contributed by atoms with van der Waals surface area (Å²) in [5.41, 5.74) is 3.96. The molecule has 0 bridgehead atoms. The summed E-state index contributed by atoms with van der Waals surface area (Å²) >= 11 is 0. The Morgan fingerprint density at radius 1 is 0.500 bits per heavy atom.